The van der Waals surface area contributed by atoms with E-state index in [0.717, 1.165) is 0 Å². The molecule has 3 nitrogen and oxygen atoms in total. The molecular formula is C8H7BrO3. The number of aliphatic carboxylic acids is 1. The summed E-state index contributed by atoms with van der Waals surface area (Å²) in [5.74, 6) is -0.406. The van der Waals surface area contributed by atoms with Crippen LogP contribution in [0, 0.1) is 0 Å². The van der Waals surface area contributed by atoms with E-state index in [2.05, 4.69) is 22.5 Å². The monoisotopic (exact) mass is 230 g/mol. The minimum Gasteiger partial charge on any atom is -0.481 e. The summed E-state index contributed by atoms with van der Waals surface area (Å²) in [6.07, 6.45) is -0.0973. The molecule has 64 valence electrons. The van der Waals surface area contributed by atoms with Crippen LogP contribution in [-0.2, 0) is 4.79 Å². The van der Waals surface area contributed by atoms with Gasteiger partial charge in [-0.15, -0.1) is 0 Å². The topological polar surface area (TPSA) is 50.4 Å². The molecule has 0 aromatic carbocycles. The number of hydrogen-bond donors (Lipinski definition) is 1. The molecule has 0 fully saturated rings. The van der Waals surface area contributed by atoms with Crippen LogP contribution in [0.3, 0.4) is 0 Å². The maximum Gasteiger partial charge on any atom is 0.307 e. The van der Waals surface area contributed by atoms with Gasteiger partial charge in [0.05, 0.1) is 6.42 Å². The lowest BCUT2D eigenvalue weighted by molar-refractivity contribution is -0.135. The van der Waals surface area contributed by atoms with E-state index >= 15 is 0 Å². The van der Waals surface area contributed by atoms with E-state index in [0.29, 0.717) is 16.0 Å². The SMILES string of the molecule is C=C(CC(=O)O)c1ccc(Br)o1. The largest absolute Gasteiger partial charge is 0.481 e. The molecule has 0 aliphatic carbocycles. The third-order valence-electron chi connectivity index (χ3n) is 1.29. The molecule has 0 radical (unpaired) electrons. The molecule has 0 atom stereocenters. The molecule has 0 aliphatic rings. The predicted octanol–water partition coefficient (Wildman–Crippen LogP) is 2.53. The molecule has 1 N–H and O–H groups in total. The van der Waals surface area contributed by atoms with Crippen LogP contribution in [-0.4, -0.2) is 11.1 Å². The molecule has 0 unspecified atom stereocenters. The van der Waals surface area contributed by atoms with Crippen molar-refractivity contribution in [2.24, 2.45) is 0 Å². The van der Waals surface area contributed by atoms with Crippen LogP contribution in [0.5, 0.6) is 0 Å². The van der Waals surface area contributed by atoms with Gasteiger partial charge in [-0.2, -0.15) is 0 Å². The first-order valence-electron chi connectivity index (χ1n) is 3.25. The summed E-state index contributed by atoms with van der Waals surface area (Å²) in [5, 5.41) is 8.44. The van der Waals surface area contributed by atoms with Crippen molar-refractivity contribution >= 4 is 27.5 Å². The van der Waals surface area contributed by atoms with E-state index in [1.54, 1.807) is 12.1 Å². The van der Waals surface area contributed by atoms with Gasteiger partial charge in [0.15, 0.2) is 4.67 Å². The first-order chi connectivity index (χ1) is 5.59. The van der Waals surface area contributed by atoms with Crippen molar-refractivity contribution in [3.8, 4) is 0 Å². The lowest BCUT2D eigenvalue weighted by Gasteiger charge is -1.95. The number of rotatable bonds is 3. The molecule has 0 bridgehead atoms. The van der Waals surface area contributed by atoms with Gasteiger partial charge in [0.25, 0.3) is 0 Å². The number of carboxylic acids is 1. The fraction of sp³-hybridized carbons (Fsp3) is 0.125. The smallest absolute Gasteiger partial charge is 0.307 e. The number of carboxylic acid groups (broad SMARTS) is 1. The predicted molar refractivity (Wildman–Crippen MR) is 47.7 cm³/mol. The van der Waals surface area contributed by atoms with Crippen molar-refractivity contribution in [2.45, 2.75) is 6.42 Å². The minimum absolute atomic E-state index is 0.0973. The Kier molecular flexibility index (Phi) is 2.70. The highest BCUT2D eigenvalue weighted by Crippen LogP contribution is 2.21. The quantitative estimate of drug-likeness (QED) is 0.869. The van der Waals surface area contributed by atoms with Crippen molar-refractivity contribution in [2.75, 3.05) is 0 Å². The Bertz CT molecular complexity index is 314. The van der Waals surface area contributed by atoms with E-state index in [-0.39, 0.29) is 6.42 Å². The standard InChI is InChI=1S/C8H7BrO3/c1-5(4-8(10)11)6-2-3-7(9)12-6/h2-3H,1,4H2,(H,10,11). The summed E-state index contributed by atoms with van der Waals surface area (Å²) in [6, 6.07) is 3.37. The van der Waals surface area contributed by atoms with Gasteiger partial charge >= 0.3 is 5.97 Å². The van der Waals surface area contributed by atoms with E-state index in [1.807, 2.05) is 0 Å². The van der Waals surface area contributed by atoms with E-state index in [4.69, 9.17) is 9.52 Å². The second-order valence-electron chi connectivity index (χ2n) is 2.28. The highest BCUT2D eigenvalue weighted by molar-refractivity contribution is 9.10. The lowest BCUT2D eigenvalue weighted by atomic mass is 10.2. The molecule has 0 aliphatic heterocycles. The van der Waals surface area contributed by atoms with Gasteiger partial charge in [0.2, 0.25) is 0 Å². The maximum atomic E-state index is 10.3. The Hall–Kier alpha value is -1.03. The lowest BCUT2D eigenvalue weighted by Crippen LogP contribution is -1.94. The zero-order chi connectivity index (χ0) is 9.14. The Morgan fingerprint density at radius 3 is 2.75 bits per heavy atom. The summed E-state index contributed by atoms with van der Waals surface area (Å²) in [5.41, 5.74) is 0.466. The first-order valence-corrected chi connectivity index (χ1v) is 4.04. The highest BCUT2D eigenvalue weighted by Gasteiger charge is 2.07. The Morgan fingerprint density at radius 1 is 1.67 bits per heavy atom. The fourth-order valence-electron chi connectivity index (χ4n) is 0.774. The summed E-state index contributed by atoms with van der Waals surface area (Å²) in [4.78, 5) is 10.3. The van der Waals surface area contributed by atoms with Crippen LogP contribution in [0.4, 0.5) is 0 Å². The van der Waals surface area contributed by atoms with E-state index in [9.17, 15) is 4.79 Å². The average Bonchev–Trinajstić information content (AvgIpc) is 2.34. The fourth-order valence-corrected chi connectivity index (χ4v) is 1.08. The number of hydrogen-bond acceptors (Lipinski definition) is 2. The van der Waals surface area contributed by atoms with Gasteiger partial charge in [-0.1, -0.05) is 6.58 Å². The van der Waals surface area contributed by atoms with Crippen LogP contribution < -0.4 is 0 Å². The number of furan rings is 1. The van der Waals surface area contributed by atoms with Gasteiger partial charge in [0, 0.05) is 0 Å². The summed E-state index contributed by atoms with van der Waals surface area (Å²) in [7, 11) is 0. The normalized spacial score (nSPS) is 9.75. The van der Waals surface area contributed by atoms with Crippen LogP contribution in [0.25, 0.3) is 5.57 Å². The van der Waals surface area contributed by atoms with Crippen molar-refractivity contribution < 1.29 is 14.3 Å². The Labute approximate surface area is 77.8 Å². The molecule has 0 amide bonds. The summed E-state index contributed by atoms with van der Waals surface area (Å²) >= 11 is 3.11. The zero-order valence-corrected chi connectivity index (χ0v) is 7.80. The molecule has 1 aromatic rings. The second-order valence-corrected chi connectivity index (χ2v) is 3.06. The summed E-state index contributed by atoms with van der Waals surface area (Å²) < 4.78 is 5.67. The van der Waals surface area contributed by atoms with Crippen molar-refractivity contribution in [1.82, 2.24) is 0 Å². The molecule has 0 saturated carbocycles. The number of halogens is 1. The molecule has 0 saturated heterocycles. The van der Waals surface area contributed by atoms with Gasteiger partial charge in [-0.05, 0) is 33.6 Å². The van der Waals surface area contributed by atoms with Crippen molar-refractivity contribution in [3.05, 3.63) is 29.1 Å². The molecule has 1 rings (SSSR count). The number of carbonyl (C=O) groups is 1. The molecule has 4 heteroatoms. The molecule has 1 heterocycles. The van der Waals surface area contributed by atoms with Gasteiger partial charge in [-0.3, -0.25) is 4.79 Å². The Morgan fingerprint density at radius 2 is 2.33 bits per heavy atom. The van der Waals surface area contributed by atoms with Gasteiger partial charge in [0.1, 0.15) is 5.76 Å². The van der Waals surface area contributed by atoms with Gasteiger partial charge < -0.3 is 9.52 Å². The van der Waals surface area contributed by atoms with Crippen molar-refractivity contribution in [1.29, 1.82) is 0 Å². The average molecular weight is 231 g/mol. The minimum atomic E-state index is -0.910. The molecule has 0 spiro atoms. The third-order valence-corrected chi connectivity index (χ3v) is 1.71. The molecule has 1 aromatic heterocycles. The maximum absolute atomic E-state index is 10.3. The second kappa shape index (κ2) is 3.58. The first kappa shape index (κ1) is 9.06. The van der Waals surface area contributed by atoms with Crippen LogP contribution in [0.2, 0.25) is 0 Å². The zero-order valence-electron chi connectivity index (χ0n) is 6.21. The van der Waals surface area contributed by atoms with E-state index < -0.39 is 5.97 Å². The van der Waals surface area contributed by atoms with Crippen LogP contribution >= 0.6 is 15.9 Å². The highest BCUT2D eigenvalue weighted by atomic mass is 79.9. The van der Waals surface area contributed by atoms with Gasteiger partial charge in [-0.25, -0.2) is 0 Å². The molecular weight excluding hydrogens is 224 g/mol. The van der Waals surface area contributed by atoms with E-state index in [1.165, 1.54) is 0 Å². The van der Waals surface area contributed by atoms with Crippen LogP contribution in [0.1, 0.15) is 12.2 Å². The third kappa shape index (κ3) is 2.23. The summed E-state index contributed by atoms with van der Waals surface area (Å²) in [6.45, 7) is 3.58. The van der Waals surface area contributed by atoms with Crippen LogP contribution in [0.15, 0.2) is 27.8 Å². The molecule has 12 heavy (non-hydrogen) atoms. The van der Waals surface area contributed by atoms with Crippen molar-refractivity contribution in [3.63, 3.8) is 0 Å². The Balaban J connectivity index is 2.72.